The molecule has 0 saturated heterocycles. The van der Waals surface area contributed by atoms with Gasteiger partial charge in [0.2, 0.25) is 0 Å². The van der Waals surface area contributed by atoms with E-state index in [9.17, 15) is 0 Å². The third-order valence-corrected chi connectivity index (χ3v) is 3.92. The Balaban J connectivity index is 1.59. The minimum Gasteiger partial charge on any atom is -0.314 e. The van der Waals surface area contributed by atoms with Gasteiger partial charge < -0.3 is 5.32 Å². The number of terminal acetylenes is 1. The van der Waals surface area contributed by atoms with E-state index in [1.165, 1.54) is 51.6 Å². The third-order valence-electron chi connectivity index (χ3n) is 3.92. The maximum Gasteiger partial charge on any atom is 0.0601 e. The summed E-state index contributed by atoms with van der Waals surface area (Å²) in [5.41, 5.74) is 0. The fraction of sp³-hybridized carbons (Fsp3) is 0.867. The fourth-order valence-corrected chi connectivity index (χ4v) is 2.32. The Labute approximate surface area is 106 Å². The molecular weight excluding hydrogens is 208 g/mol. The Morgan fingerprint density at radius 3 is 2.71 bits per heavy atom. The molecule has 0 amide bonds. The van der Waals surface area contributed by atoms with Crippen molar-refractivity contribution in [2.24, 2.45) is 5.92 Å². The Hall–Kier alpha value is -0.520. The summed E-state index contributed by atoms with van der Waals surface area (Å²) in [7, 11) is 0. The molecule has 2 aliphatic rings. The maximum absolute atomic E-state index is 5.46. The number of hydrogen-bond donors (Lipinski definition) is 1. The molecule has 1 atom stereocenters. The highest BCUT2D eigenvalue weighted by molar-refractivity contribution is 4.92. The number of hydrogen-bond acceptors (Lipinski definition) is 2. The second-order valence-electron chi connectivity index (χ2n) is 5.80. The van der Waals surface area contributed by atoms with Crippen molar-refractivity contribution in [1.29, 1.82) is 0 Å². The summed E-state index contributed by atoms with van der Waals surface area (Å²) in [6, 6.07) is 1.49. The van der Waals surface area contributed by atoms with Gasteiger partial charge in [0.05, 0.1) is 6.54 Å². The monoisotopic (exact) mass is 234 g/mol. The lowest BCUT2D eigenvalue weighted by atomic mass is 10.1. The van der Waals surface area contributed by atoms with E-state index in [4.69, 9.17) is 6.42 Å². The molecule has 1 N–H and O–H groups in total. The smallest absolute Gasteiger partial charge is 0.0601 e. The molecule has 0 spiro atoms. The van der Waals surface area contributed by atoms with Crippen molar-refractivity contribution >= 4 is 0 Å². The zero-order valence-corrected chi connectivity index (χ0v) is 11.1. The van der Waals surface area contributed by atoms with Gasteiger partial charge in [0.15, 0.2) is 0 Å². The van der Waals surface area contributed by atoms with Gasteiger partial charge in [-0.2, -0.15) is 0 Å². The third kappa shape index (κ3) is 5.10. The minimum absolute atomic E-state index is 0.646. The highest BCUT2D eigenvalue weighted by Crippen LogP contribution is 2.30. The average Bonchev–Trinajstić information content (AvgIpc) is 3.17. The number of nitrogens with zero attached hydrogens (tertiary/aromatic N) is 1. The minimum atomic E-state index is 0.646. The van der Waals surface area contributed by atoms with Crippen LogP contribution in [0, 0.1) is 18.3 Å². The molecule has 0 aliphatic heterocycles. The summed E-state index contributed by atoms with van der Waals surface area (Å²) < 4.78 is 0. The van der Waals surface area contributed by atoms with Crippen molar-refractivity contribution in [3.05, 3.63) is 0 Å². The van der Waals surface area contributed by atoms with E-state index in [-0.39, 0.29) is 0 Å². The van der Waals surface area contributed by atoms with Crippen molar-refractivity contribution in [3.8, 4) is 12.3 Å². The number of rotatable bonds is 9. The van der Waals surface area contributed by atoms with Crippen LogP contribution in [0.15, 0.2) is 0 Å². The summed E-state index contributed by atoms with van der Waals surface area (Å²) >= 11 is 0. The van der Waals surface area contributed by atoms with Gasteiger partial charge >= 0.3 is 0 Å². The molecule has 0 heterocycles. The molecule has 2 fully saturated rings. The van der Waals surface area contributed by atoms with Crippen molar-refractivity contribution in [3.63, 3.8) is 0 Å². The molecule has 2 saturated carbocycles. The van der Waals surface area contributed by atoms with Gasteiger partial charge in [-0.05, 0) is 57.9 Å². The van der Waals surface area contributed by atoms with Crippen LogP contribution >= 0.6 is 0 Å². The van der Waals surface area contributed by atoms with Gasteiger partial charge in [0, 0.05) is 18.6 Å². The Morgan fingerprint density at radius 1 is 1.35 bits per heavy atom. The van der Waals surface area contributed by atoms with Crippen LogP contribution in [0.3, 0.4) is 0 Å². The summed E-state index contributed by atoms with van der Waals surface area (Å²) in [4.78, 5) is 2.49. The topological polar surface area (TPSA) is 15.3 Å². The summed E-state index contributed by atoms with van der Waals surface area (Å²) in [6.07, 6.45) is 13.6. The SMILES string of the molecule is C#CCN(CC1CC1)C(C)CCCNC1CC1. The van der Waals surface area contributed by atoms with Crippen LogP contribution in [0.4, 0.5) is 0 Å². The first-order valence-electron chi connectivity index (χ1n) is 7.20. The van der Waals surface area contributed by atoms with Gasteiger partial charge in [0.1, 0.15) is 0 Å². The van der Waals surface area contributed by atoms with E-state index in [0.29, 0.717) is 6.04 Å². The molecule has 17 heavy (non-hydrogen) atoms. The fourth-order valence-electron chi connectivity index (χ4n) is 2.32. The highest BCUT2D eigenvalue weighted by atomic mass is 15.1. The molecule has 96 valence electrons. The molecule has 0 aromatic carbocycles. The van der Waals surface area contributed by atoms with E-state index >= 15 is 0 Å². The van der Waals surface area contributed by atoms with Crippen LogP contribution in [0.5, 0.6) is 0 Å². The molecule has 0 aromatic heterocycles. The largest absolute Gasteiger partial charge is 0.314 e. The second kappa shape index (κ2) is 6.42. The first-order chi connectivity index (χ1) is 8.29. The predicted molar refractivity (Wildman–Crippen MR) is 72.9 cm³/mol. The first-order valence-corrected chi connectivity index (χ1v) is 7.20. The van der Waals surface area contributed by atoms with Crippen molar-refractivity contribution in [1.82, 2.24) is 10.2 Å². The lowest BCUT2D eigenvalue weighted by Gasteiger charge is -2.27. The van der Waals surface area contributed by atoms with Crippen LogP contribution in [-0.4, -0.2) is 36.6 Å². The normalized spacial score (nSPS) is 21.5. The van der Waals surface area contributed by atoms with Gasteiger partial charge in [-0.1, -0.05) is 5.92 Å². The standard InChI is InChI=1S/C15H26N2/c1-3-11-17(12-14-6-7-14)13(2)5-4-10-16-15-8-9-15/h1,13-16H,4-12H2,2H3. The van der Waals surface area contributed by atoms with E-state index in [2.05, 4.69) is 23.1 Å². The van der Waals surface area contributed by atoms with Crippen LogP contribution in [-0.2, 0) is 0 Å². The summed E-state index contributed by atoms with van der Waals surface area (Å²) in [5.74, 6) is 3.75. The van der Waals surface area contributed by atoms with Crippen LogP contribution in [0.2, 0.25) is 0 Å². The van der Waals surface area contributed by atoms with E-state index in [1.54, 1.807) is 0 Å². The molecule has 2 aliphatic carbocycles. The van der Waals surface area contributed by atoms with Crippen molar-refractivity contribution in [2.45, 2.75) is 57.5 Å². The van der Waals surface area contributed by atoms with Crippen LogP contribution in [0.1, 0.15) is 45.4 Å². The van der Waals surface area contributed by atoms with E-state index < -0.39 is 0 Å². The Bertz CT molecular complexity index is 261. The lowest BCUT2D eigenvalue weighted by molar-refractivity contribution is 0.212. The van der Waals surface area contributed by atoms with Crippen molar-refractivity contribution in [2.75, 3.05) is 19.6 Å². The quantitative estimate of drug-likeness (QED) is 0.486. The van der Waals surface area contributed by atoms with Gasteiger partial charge in [-0.25, -0.2) is 0 Å². The van der Waals surface area contributed by atoms with E-state index in [1.807, 2.05) is 0 Å². The molecule has 2 heteroatoms. The van der Waals surface area contributed by atoms with Crippen LogP contribution < -0.4 is 5.32 Å². The lowest BCUT2D eigenvalue weighted by Crippen LogP contribution is -2.35. The van der Waals surface area contributed by atoms with Gasteiger partial charge in [-0.15, -0.1) is 6.42 Å². The molecule has 2 rings (SSSR count). The zero-order valence-electron chi connectivity index (χ0n) is 11.1. The predicted octanol–water partition coefficient (Wildman–Crippen LogP) is 2.25. The first kappa shape index (κ1) is 12.9. The molecule has 0 aromatic rings. The Kier molecular flexibility index (Phi) is 4.88. The summed E-state index contributed by atoms with van der Waals surface area (Å²) in [5, 5.41) is 3.58. The molecule has 1 unspecified atom stereocenters. The molecular formula is C15H26N2. The molecule has 0 bridgehead atoms. The number of nitrogens with one attached hydrogen (secondary N) is 1. The zero-order chi connectivity index (χ0) is 12.1. The summed E-state index contributed by atoms with van der Waals surface area (Å²) in [6.45, 7) is 5.56. The van der Waals surface area contributed by atoms with Gasteiger partial charge in [0.25, 0.3) is 0 Å². The second-order valence-corrected chi connectivity index (χ2v) is 5.80. The van der Waals surface area contributed by atoms with Crippen LogP contribution in [0.25, 0.3) is 0 Å². The highest BCUT2D eigenvalue weighted by Gasteiger charge is 2.26. The van der Waals surface area contributed by atoms with E-state index in [0.717, 1.165) is 18.5 Å². The average molecular weight is 234 g/mol. The van der Waals surface area contributed by atoms with Gasteiger partial charge in [-0.3, -0.25) is 4.90 Å². The maximum atomic E-state index is 5.46. The molecule has 0 radical (unpaired) electrons. The van der Waals surface area contributed by atoms with Crippen molar-refractivity contribution < 1.29 is 0 Å². The Morgan fingerprint density at radius 2 is 2.12 bits per heavy atom. The molecule has 2 nitrogen and oxygen atoms in total.